The quantitative estimate of drug-likeness (QED) is 0.251. The van der Waals surface area contributed by atoms with Crippen molar-refractivity contribution >= 4 is 33.2 Å². The molecule has 4 aliphatic rings. The summed E-state index contributed by atoms with van der Waals surface area (Å²) in [5, 5.41) is 2.62. The second-order valence-electron chi connectivity index (χ2n) is 12.5. The van der Waals surface area contributed by atoms with Crippen molar-refractivity contribution in [1.29, 1.82) is 0 Å². The van der Waals surface area contributed by atoms with E-state index in [1.807, 2.05) is 0 Å². The summed E-state index contributed by atoms with van der Waals surface area (Å²) in [7, 11) is 0. The third-order valence-electron chi connectivity index (χ3n) is 10.0. The van der Waals surface area contributed by atoms with Crippen LogP contribution in [-0.2, 0) is 0 Å². The highest BCUT2D eigenvalue weighted by Gasteiger charge is 2.26. The van der Waals surface area contributed by atoms with E-state index < -0.39 is 0 Å². The van der Waals surface area contributed by atoms with Crippen LogP contribution in [0.1, 0.15) is 64.2 Å². The fraction of sp³-hybridized carbons (Fsp3) is 0.389. The Kier molecular flexibility index (Phi) is 6.39. The van der Waals surface area contributed by atoms with Gasteiger partial charge in [-0.25, -0.2) is 0 Å². The lowest BCUT2D eigenvalue weighted by Crippen LogP contribution is -2.35. The number of para-hydroxylation sites is 1. The highest BCUT2D eigenvalue weighted by molar-refractivity contribution is 6.10. The maximum Gasteiger partial charge on any atom is 0.0944 e. The molecule has 0 saturated heterocycles. The van der Waals surface area contributed by atoms with E-state index in [0.29, 0.717) is 12.1 Å². The minimum atomic E-state index is 0.691. The molecule has 5 heteroatoms. The second kappa shape index (κ2) is 10.5. The van der Waals surface area contributed by atoms with Gasteiger partial charge in [0.25, 0.3) is 0 Å². The zero-order chi connectivity index (χ0) is 27.2. The number of nitrogens with zero attached hydrogens (tertiary/aromatic N) is 5. The first-order chi connectivity index (χ1) is 20.3. The molecule has 1 aromatic heterocycles. The Morgan fingerprint density at radius 2 is 1.05 bits per heavy atom. The number of benzene rings is 3. The fourth-order valence-corrected chi connectivity index (χ4v) is 7.73. The highest BCUT2D eigenvalue weighted by atomic mass is 15.4. The third-order valence-corrected chi connectivity index (χ3v) is 10.0. The summed E-state index contributed by atoms with van der Waals surface area (Å²) in [6, 6.07) is 26.4. The SMILES string of the molecule is C1=CN(C2CCCCC2)CN1c1cccc(-n2c3ccccc3c3ccc(N4C=CN(C5CCCCC5)C4)cc32)c1. The maximum atomic E-state index is 2.56. The van der Waals surface area contributed by atoms with Gasteiger partial charge in [0.05, 0.1) is 24.4 Å². The number of rotatable bonds is 5. The van der Waals surface area contributed by atoms with Crippen LogP contribution in [0, 0.1) is 0 Å². The average Bonchev–Trinajstić information content (AvgIpc) is 3.80. The van der Waals surface area contributed by atoms with Crippen molar-refractivity contribution in [3.8, 4) is 5.69 Å². The molecule has 8 rings (SSSR count). The number of hydrogen-bond donors (Lipinski definition) is 0. The van der Waals surface area contributed by atoms with Gasteiger partial charge in [-0.1, -0.05) is 68.9 Å². The van der Waals surface area contributed by atoms with Gasteiger partial charge >= 0.3 is 0 Å². The van der Waals surface area contributed by atoms with E-state index in [1.54, 1.807) is 0 Å². The van der Waals surface area contributed by atoms with Crippen LogP contribution in [0.25, 0.3) is 27.5 Å². The van der Waals surface area contributed by atoms with E-state index >= 15 is 0 Å². The first-order valence-corrected chi connectivity index (χ1v) is 15.9. The molecule has 0 radical (unpaired) electrons. The Morgan fingerprint density at radius 3 is 1.73 bits per heavy atom. The monoisotopic (exact) mass is 543 g/mol. The predicted octanol–water partition coefficient (Wildman–Crippen LogP) is 8.55. The maximum absolute atomic E-state index is 2.56. The summed E-state index contributed by atoms with van der Waals surface area (Å²) in [6.07, 6.45) is 22.7. The normalized spacial score (nSPS) is 20.4. The number of fused-ring (bicyclic) bond motifs is 3. The molecule has 0 spiro atoms. The van der Waals surface area contributed by atoms with Gasteiger partial charge in [0.15, 0.2) is 0 Å². The van der Waals surface area contributed by atoms with E-state index in [-0.39, 0.29) is 0 Å². The lowest BCUT2D eigenvalue weighted by atomic mass is 9.95. The van der Waals surface area contributed by atoms with Crippen LogP contribution in [0.15, 0.2) is 91.5 Å². The number of hydrogen-bond acceptors (Lipinski definition) is 4. The lowest BCUT2D eigenvalue weighted by Gasteiger charge is -2.32. The van der Waals surface area contributed by atoms with E-state index in [2.05, 4.69) is 116 Å². The van der Waals surface area contributed by atoms with Gasteiger partial charge in [0.2, 0.25) is 0 Å². The molecule has 2 aliphatic carbocycles. The molecule has 2 aliphatic heterocycles. The minimum absolute atomic E-state index is 0.691. The van der Waals surface area contributed by atoms with Gasteiger partial charge in [-0.2, -0.15) is 0 Å². The van der Waals surface area contributed by atoms with E-state index in [4.69, 9.17) is 0 Å². The van der Waals surface area contributed by atoms with Gasteiger partial charge < -0.3 is 24.2 Å². The van der Waals surface area contributed by atoms with E-state index in [1.165, 1.54) is 103 Å². The molecular weight excluding hydrogens is 502 g/mol. The summed E-state index contributed by atoms with van der Waals surface area (Å²) in [5.74, 6) is 0. The Balaban J connectivity index is 1.12. The van der Waals surface area contributed by atoms with Crippen LogP contribution in [0.2, 0.25) is 0 Å². The summed E-state index contributed by atoms with van der Waals surface area (Å²) in [6.45, 7) is 1.90. The molecule has 210 valence electrons. The Labute approximate surface area is 243 Å². The van der Waals surface area contributed by atoms with Crippen LogP contribution >= 0.6 is 0 Å². The summed E-state index contributed by atoms with van der Waals surface area (Å²) in [4.78, 5) is 9.94. The smallest absolute Gasteiger partial charge is 0.0944 e. The average molecular weight is 544 g/mol. The summed E-state index contributed by atoms with van der Waals surface area (Å²) in [5.41, 5.74) is 6.27. The standard InChI is InChI=1S/C36H41N5/c1-3-10-28(11-4-1)37-20-22-39(26-37)30-14-9-15-32(24-30)41-35-17-8-7-16-33(35)34-19-18-31(25-36(34)41)40-23-21-38(27-40)29-12-5-2-6-13-29/h7-9,14-25,28-29H,1-6,10-13,26-27H2. The molecular formula is C36H41N5. The molecule has 3 heterocycles. The van der Waals surface area contributed by atoms with Crippen molar-refractivity contribution in [1.82, 2.24) is 14.4 Å². The largest absolute Gasteiger partial charge is 0.355 e. The van der Waals surface area contributed by atoms with Gasteiger partial charge in [0.1, 0.15) is 0 Å². The molecule has 2 saturated carbocycles. The van der Waals surface area contributed by atoms with Gasteiger partial charge in [-0.05, 0) is 62.1 Å². The zero-order valence-electron chi connectivity index (χ0n) is 24.0. The molecule has 4 aromatic rings. The molecule has 3 aromatic carbocycles. The van der Waals surface area contributed by atoms with Crippen LogP contribution in [0.4, 0.5) is 11.4 Å². The summed E-state index contributed by atoms with van der Waals surface area (Å²) >= 11 is 0. The van der Waals surface area contributed by atoms with Gasteiger partial charge in [0, 0.05) is 64.7 Å². The molecule has 2 fully saturated rings. The first kappa shape index (κ1) is 24.9. The molecule has 0 unspecified atom stereocenters. The van der Waals surface area contributed by atoms with E-state index in [0.717, 1.165) is 13.3 Å². The van der Waals surface area contributed by atoms with Crippen molar-refractivity contribution in [2.45, 2.75) is 76.3 Å². The second-order valence-corrected chi connectivity index (χ2v) is 12.5. The van der Waals surface area contributed by atoms with Crippen LogP contribution in [0.5, 0.6) is 0 Å². The molecule has 0 N–H and O–H groups in total. The molecule has 0 amide bonds. The van der Waals surface area contributed by atoms with Crippen LogP contribution in [-0.4, -0.2) is 39.8 Å². The molecule has 0 bridgehead atoms. The first-order valence-electron chi connectivity index (χ1n) is 15.9. The predicted molar refractivity (Wildman–Crippen MR) is 171 cm³/mol. The lowest BCUT2D eigenvalue weighted by molar-refractivity contribution is 0.232. The van der Waals surface area contributed by atoms with Gasteiger partial charge in [-0.3, -0.25) is 0 Å². The Hall–Kier alpha value is -3.86. The Morgan fingerprint density at radius 1 is 0.463 bits per heavy atom. The fourth-order valence-electron chi connectivity index (χ4n) is 7.73. The van der Waals surface area contributed by atoms with Crippen molar-refractivity contribution in [3.05, 3.63) is 91.5 Å². The molecule has 5 nitrogen and oxygen atoms in total. The van der Waals surface area contributed by atoms with E-state index in [9.17, 15) is 0 Å². The topological polar surface area (TPSA) is 17.9 Å². The number of aromatic nitrogens is 1. The number of anilines is 2. The van der Waals surface area contributed by atoms with Crippen molar-refractivity contribution in [3.63, 3.8) is 0 Å². The van der Waals surface area contributed by atoms with Crippen LogP contribution in [0.3, 0.4) is 0 Å². The zero-order valence-corrected chi connectivity index (χ0v) is 24.0. The molecule has 0 atom stereocenters. The van der Waals surface area contributed by atoms with Crippen molar-refractivity contribution in [2.24, 2.45) is 0 Å². The van der Waals surface area contributed by atoms with Crippen molar-refractivity contribution in [2.75, 3.05) is 23.1 Å². The third kappa shape index (κ3) is 4.56. The highest BCUT2D eigenvalue weighted by Crippen LogP contribution is 2.37. The minimum Gasteiger partial charge on any atom is -0.355 e. The molecule has 41 heavy (non-hydrogen) atoms. The van der Waals surface area contributed by atoms with Crippen molar-refractivity contribution < 1.29 is 0 Å². The Bertz CT molecular complexity index is 1600. The summed E-state index contributed by atoms with van der Waals surface area (Å²) < 4.78 is 2.47. The van der Waals surface area contributed by atoms with Gasteiger partial charge in [-0.15, -0.1) is 0 Å². The van der Waals surface area contributed by atoms with Crippen LogP contribution < -0.4 is 9.80 Å².